The van der Waals surface area contributed by atoms with Crippen molar-refractivity contribution in [3.05, 3.63) is 29.5 Å². The van der Waals surface area contributed by atoms with Gasteiger partial charge >= 0.3 is 0 Å². The number of ether oxygens (including phenoxy) is 2. The summed E-state index contributed by atoms with van der Waals surface area (Å²) in [7, 11) is 3.29. The van der Waals surface area contributed by atoms with E-state index in [-0.39, 0.29) is 5.95 Å². The van der Waals surface area contributed by atoms with E-state index in [4.69, 9.17) is 26.0 Å². The summed E-state index contributed by atoms with van der Waals surface area (Å²) in [6.45, 7) is 3.93. The third-order valence-electron chi connectivity index (χ3n) is 4.71. The highest BCUT2D eigenvalue weighted by atomic mass is 16.5. The number of nitrogens with one attached hydrogen (secondary N) is 1. The normalized spacial score (nSPS) is 11.0. The number of nitrogen functional groups attached to an aromatic ring is 1. The molecule has 0 atom stereocenters. The van der Waals surface area contributed by atoms with Crippen molar-refractivity contribution in [2.24, 2.45) is 5.73 Å². The van der Waals surface area contributed by atoms with Crippen LogP contribution in [-0.2, 0) is 13.0 Å². The van der Waals surface area contributed by atoms with Crippen LogP contribution in [0.5, 0.6) is 11.5 Å². The van der Waals surface area contributed by atoms with Crippen LogP contribution in [0.3, 0.4) is 0 Å². The Morgan fingerprint density at radius 1 is 1.17 bits per heavy atom. The molecule has 2 heterocycles. The predicted molar refractivity (Wildman–Crippen MR) is 115 cm³/mol. The highest BCUT2D eigenvalue weighted by molar-refractivity contribution is 5.85. The third-order valence-corrected chi connectivity index (χ3v) is 4.71. The van der Waals surface area contributed by atoms with Gasteiger partial charge in [0.2, 0.25) is 5.95 Å². The first kappa shape index (κ1) is 20.7. The first-order valence-corrected chi connectivity index (χ1v) is 9.78. The molecule has 0 aliphatic carbocycles. The molecule has 0 amide bonds. The minimum Gasteiger partial charge on any atom is -0.496 e. The minimum atomic E-state index is 0.219. The summed E-state index contributed by atoms with van der Waals surface area (Å²) >= 11 is 0. The summed E-state index contributed by atoms with van der Waals surface area (Å²) in [6, 6.07) is 3.91. The van der Waals surface area contributed by atoms with E-state index < -0.39 is 0 Å². The molecule has 0 bridgehead atoms. The molecule has 0 saturated heterocycles. The lowest BCUT2D eigenvalue weighted by atomic mass is 10.0. The Bertz CT molecular complexity index is 971. The topological polar surface area (TPSA) is 126 Å². The maximum Gasteiger partial charge on any atom is 0.222 e. The number of nitrogens with zero attached hydrogens (tertiary/aromatic N) is 4. The molecule has 2 aromatic heterocycles. The van der Waals surface area contributed by atoms with E-state index in [1.807, 2.05) is 18.3 Å². The standard InChI is InChI=1S/C20H29N7O2/c1-4-5-10-23-19-17-15(24-20(22)25-19)12-27(26-17)11-14-16(28-2)7-6-13(8-9-21)18(14)29-3/h6-7,12H,4-5,8-11,21H2,1-3H3,(H3,22,23,24,25). The second-order valence-corrected chi connectivity index (χ2v) is 6.75. The molecule has 0 aliphatic heterocycles. The van der Waals surface area contributed by atoms with Gasteiger partial charge < -0.3 is 26.3 Å². The van der Waals surface area contributed by atoms with Gasteiger partial charge in [0.05, 0.1) is 32.5 Å². The third kappa shape index (κ3) is 4.51. The zero-order chi connectivity index (χ0) is 20.8. The molecule has 156 valence electrons. The molecule has 0 radical (unpaired) electrons. The number of fused-ring (bicyclic) bond motifs is 1. The largest absolute Gasteiger partial charge is 0.496 e. The van der Waals surface area contributed by atoms with Gasteiger partial charge in [0.15, 0.2) is 11.3 Å². The lowest BCUT2D eigenvalue weighted by molar-refractivity contribution is 0.378. The van der Waals surface area contributed by atoms with Crippen LogP contribution in [0.25, 0.3) is 11.0 Å². The van der Waals surface area contributed by atoms with Crippen LogP contribution < -0.4 is 26.3 Å². The Morgan fingerprint density at radius 3 is 2.69 bits per heavy atom. The molecule has 3 rings (SSSR count). The van der Waals surface area contributed by atoms with Gasteiger partial charge in [0.25, 0.3) is 0 Å². The average Bonchev–Trinajstić information content (AvgIpc) is 3.11. The van der Waals surface area contributed by atoms with Gasteiger partial charge in [-0.1, -0.05) is 19.4 Å². The van der Waals surface area contributed by atoms with Crippen molar-refractivity contribution in [3.8, 4) is 11.5 Å². The SMILES string of the molecule is CCCCNc1nc(N)nc2cn(Cc3c(OC)ccc(CCN)c3OC)nc12. The quantitative estimate of drug-likeness (QED) is 0.443. The number of rotatable bonds is 10. The fraction of sp³-hybridized carbons (Fsp3) is 0.450. The van der Waals surface area contributed by atoms with Crippen LogP contribution in [0.15, 0.2) is 18.3 Å². The minimum absolute atomic E-state index is 0.219. The summed E-state index contributed by atoms with van der Waals surface area (Å²) in [4.78, 5) is 8.64. The van der Waals surface area contributed by atoms with E-state index in [9.17, 15) is 0 Å². The van der Waals surface area contributed by atoms with Crippen molar-refractivity contribution in [2.45, 2.75) is 32.7 Å². The molecule has 0 aliphatic rings. The molecule has 9 heteroatoms. The number of anilines is 2. The molecule has 0 fully saturated rings. The number of unbranched alkanes of at least 4 members (excludes halogenated alkanes) is 1. The van der Waals surface area contributed by atoms with Gasteiger partial charge in [-0.05, 0) is 31.0 Å². The number of hydrogen-bond acceptors (Lipinski definition) is 8. The molecular weight excluding hydrogens is 370 g/mol. The Hall–Kier alpha value is -3.07. The van der Waals surface area contributed by atoms with Crippen molar-refractivity contribution < 1.29 is 9.47 Å². The molecule has 3 aromatic rings. The van der Waals surface area contributed by atoms with E-state index in [0.717, 1.165) is 48.4 Å². The molecule has 0 unspecified atom stereocenters. The van der Waals surface area contributed by atoms with Crippen LogP contribution in [0, 0.1) is 0 Å². The van der Waals surface area contributed by atoms with Gasteiger partial charge in [-0.2, -0.15) is 10.1 Å². The van der Waals surface area contributed by atoms with E-state index in [2.05, 4.69) is 22.2 Å². The number of nitrogens with two attached hydrogens (primary N) is 2. The van der Waals surface area contributed by atoms with Crippen molar-refractivity contribution in [3.63, 3.8) is 0 Å². The Morgan fingerprint density at radius 2 is 2.00 bits per heavy atom. The molecule has 0 spiro atoms. The van der Waals surface area contributed by atoms with E-state index in [0.29, 0.717) is 29.9 Å². The number of hydrogen-bond donors (Lipinski definition) is 3. The first-order valence-electron chi connectivity index (χ1n) is 9.78. The number of aromatic nitrogens is 4. The fourth-order valence-electron chi connectivity index (χ4n) is 3.33. The zero-order valence-electron chi connectivity index (χ0n) is 17.2. The highest BCUT2D eigenvalue weighted by Crippen LogP contribution is 2.33. The van der Waals surface area contributed by atoms with Gasteiger partial charge in [-0.15, -0.1) is 0 Å². The molecular formula is C20H29N7O2. The molecule has 5 N–H and O–H groups in total. The summed E-state index contributed by atoms with van der Waals surface area (Å²) in [6.07, 6.45) is 4.69. The summed E-state index contributed by atoms with van der Waals surface area (Å²) in [5.41, 5.74) is 14.9. The Balaban J connectivity index is 2.00. The molecule has 29 heavy (non-hydrogen) atoms. The van der Waals surface area contributed by atoms with Crippen LogP contribution in [-0.4, -0.2) is 47.1 Å². The lowest BCUT2D eigenvalue weighted by Gasteiger charge is -2.16. The predicted octanol–water partition coefficient (Wildman–Crippen LogP) is 2.19. The average molecular weight is 399 g/mol. The van der Waals surface area contributed by atoms with E-state index in [1.54, 1.807) is 18.9 Å². The molecule has 1 aromatic carbocycles. The van der Waals surface area contributed by atoms with Crippen molar-refractivity contribution in [1.29, 1.82) is 0 Å². The van der Waals surface area contributed by atoms with Crippen molar-refractivity contribution in [2.75, 3.05) is 38.4 Å². The van der Waals surface area contributed by atoms with Crippen LogP contribution in [0.1, 0.15) is 30.9 Å². The molecule has 0 saturated carbocycles. The van der Waals surface area contributed by atoms with Gasteiger partial charge in [-0.25, -0.2) is 4.98 Å². The van der Waals surface area contributed by atoms with Gasteiger partial charge in [0, 0.05) is 6.54 Å². The lowest BCUT2D eigenvalue weighted by Crippen LogP contribution is -2.09. The van der Waals surface area contributed by atoms with Crippen LogP contribution >= 0.6 is 0 Å². The maximum atomic E-state index is 5.88. The van der Waals surface area contributed by atoms with Crippen molar-refractivity contribution >= 4 is 22.8 Å². The fourth-order valence-corrected chi connectivity index (χ4v) is 3.33. The van der Waals surface area contributed by atoms with Gasteiger partial charge in [-0.3, -0.25) is 4.68 Å². The second kappa shape index (κ2) is 9.42. The Kier molecular flexibility index (Phi) is 6.71. The van der Waals surface area contributed by atoms with Crippen LogP contribution in [0.2, 0.25) is 0 Å². The second-order valence-electron chi connectivity index (χ2n) is 6.75. The highest BCUT2D eigenvalue weighted by Gasteiger charge is 2.17. The summed E-state index contributed by atoms with van der Waals surface area (Å²) in [5, 5.41) is 8.00. The maximum absolute atomic E-state index is 5.88. The number of methoxy groups -OCH3 is 2. The summed E-state index contributed by atoms with van der Waals surface area (Å²) < 4.78 is 13.1. The number of benzene rings is 1. The smallest absolute Gasteiger partial charge is 0.222 e. The van der Waals surface area contributed by atoms with E-state index in [1.165, 1.54) is 0 Å². The van der Waals surface area contributed by atoms with Gasteiger partial charge in [0.1, 0.15) is 17.0 Å². The van der Waals surface area contributed by atoms with Crippen LogP contribution in [0.4, 0.5) is 11.8 Å². The molecule has 9 nitrogen and oxygen atoms in total. The zero-order valence-corrected chi connectivity index (χ0v) is 17.2. The monoisotopic (exact) mass is 399 g/mol. The summed E-state index contributed by atoms with van der Waals surface area (Å²) in [5.74, 6) is 2.36. The first-order chi connectivity index (χ1) is 14.1. The Labute approximate surface area is 170 Å². The van der Waals surface area contributed by atoms with Crippen molar-refractivity contribution in [1.82, 2.24) is 19.7 Å². The van der Waals surface area contributed by atoms with E-state index >= 15 is 0 Å².